The van der Waals surface area contributed by atoms with Gasteiger partial charge in [0.15, 0.2) is 0 Å². The summed E-state index contributed by atoms with van der Waals surface area (Å²) in [4.78, 5) is 22.3. The number of carbonyl (C=O) groups excluding carboxylic acids is 1. The van der Waals surface area contributed by atoms with Crippen molar-refractivity contribution in [2.45, 2.75) is 37.6 Å². The number of halogens is 1. The smallest absolute Gasteiger partial charge is 0.303 e. The third kappa shape index (κ3) is 3.71. The van der Waals surface area contributed by atoms with Gasteiger partial charge in [-0.05, 0) is 43.0 Å². The molecule has 1 aromatic rings. The van der Waals surface area contributed by atoms with Gasteiger partial charge in [-0.3, -0.25) is 9.59 Å². The molecule has 114 valence electrons. The van der Waals surface area contributed by atoms with Crippen molar-refractivity contribution >= 4 is 11.9 Å². The van der Waals surface area contributed by atoms with E-state index in [1.165, 1.54) is 19.2 Å². The maximum atomic E-state index is 13.9. The molecule has 0 bridgehead atoms. The minimum atomic E-state index is -0.929. The fraction of sp³-hybridized carbons (Fsp3) is 0.467. The number of rotatable bonds is 6. The molecule has 1 saturated heterocycles. The number of ether oxygens (including phenoxy) is 1. The van der Waals surface area contributed by atoms with Crippen molar-refractivity contribution in [2.24, 2.45) is 0 Å². The second-order valence-electron chi connectivity index (χ2n) is 5.36. The summed E-state index contributed by atoms with van der Waals surface area (Å²) in [6.07, 6.45) is 1.33. The summed E-state index contributed by atoms with van der Waals surface area (Å²) >= 11 is 0. The largest absolute Gasteiger partial charge is 0.497 e. The molecule has 1 atom stereocenters. The molecule has 1 aliphatic heterocycles. The fourth-order valence-electron chi connectivity index (χ4n) is 2.71. The lowest BCUT2D eigenvalue weighted by Gasteiger charge is -2.29. The zero-order chi connectivity index (χ0) is 15.5. The minimum Gasteiger partial charge on any atom is -0.497 e. The number of nitrogens with one attached hydrogen (secondary N) is 1. The predicted molar refractivity (Wildman–Crippen MR) is 73.6 cm³/mol. The van der Waals surface area contributed by atoms with E-state index in [0.717, 1.165) is 0 Å². The molecule has 0 unspecified atom stereocenters. The summed E-state index contributed by atoms with van der Waals surface area (Å²) in [6.45, 7) is 0. The predicted octanol–water partition coefficient (Wildman–Crippen LogP) is 1.89. The van der Waals surface area contributed by atoms with Gasteiger partial charge in [-0.15, -0.1) is 0 Å². The Balaban J connectivity index is 2.22. The number of carbonyl (C=O) groups is 2. The topological polar surface area (TPSA) is 75.6 Å². The molecule has 5 nitrogen and oxygen atoms in total. The molecular weight excluding hydrogens is 277 g/mol. The molecule has 1 aliphatic rings. The molecule has 1 amide bonds. The molecule has 0 aliphatic carbocycles. The average Bonchev–Trinajstić information content (AvgIpc) is 2.81. The molecule has 0 saturated carbocycles. The Hall–Kier alpha value is -2.11. The number of benzene rings is 1. The fourth-order valence-corrected chi connectivity index (χ4v) is 2.71. The number of hydrogen-bond acceptors (Lipinski definition) is 3. The van der Waals surface area contributed by atoms with Gasteiger partial charge in [-0.25, -0.2) is 4.39 Å². The molecule has 1 heterocycles. The number of methoxy groups -OCH3 is 1. The molecule has 1 fully saturated rings. The first kappa shape index (κ1) is 15.3. The molecular formula is C15H18FNO4. The third-order valence-corrected chi connectivity index (χ3v) is 3.83. The van der Waals surface area contributed by atoms with Crippen molar-refractivity contribution in [3.63, 3.8) is 0 Å². The Morgan fingerprint density at radius 3 is 2.86 bits per heavy atom. The first-order valence-electron chi connectivity index (χ1n) is 6.79. The molecule has 6 heteroatoms. The lowest BCUT2D eigenvalue weighted by molar-refractivity contribution is -0.137. The monoisotopic (exact) mass is 295 g/mol. The van der Waals surface area contributed by atoms with Gasteiger partial charge < -0.3 is 15.2 Å². The molecule has 0 aromatic heterocycles. The van der Waals surface area contributed by atoms with Crippen LogP contribution in [0.15, 0.2) is 18.2 Å². The van der Waals surface area contributed by atoms with E-state index in [0.29, 0.717) is 24.2 Å². The van der Waals surface area contributed by atoms with E-state index < -0.39 is 11.5 Å². The van der Waals surface area contributed by atoms with E-state index in [-0.39, 0.29) is 31.0 Å². The van der Waals surface area contributed by atoms with Gasteiger partial charge in [-0.2, -0.15) is 0 Å². The van der Waals surface area contributed by atoms with E-state index in [2.05, 4.69) is 5.32 Å². The Kier molecular flexibility index (Phi) is 4.45. The van der Waals surface area contributed by atoms with Crippen molar-refractivity contribution in [1.29, 1.82) is 0 Å². The van der Waals surface area contributed by atoms with Gasteiger partial charge in [0, 0.05) is 18.4 Å². The summed E-state index contributed by atoms with van der Waals surface area (Å²) in [6, 6.07) is 4.42. The maximum absolute atomic E-state index is 13.9. The van der Waals surface area contributed by atoms with Crippen molar-refractivity contribution in [3.8, 4) is 5.75 Å². The SMILES string of the molecule is COc1ccc(F)c(C[C@]2(CCC(=O)O)CCC(=O)N2)c1. The molecule has 0 spiro atoms. The van der Waals surface area contributed by atoms with Gasteiger partial charge in [0.25, 0.3) is 0 Å². The van der Waals surface area contributed by atoms with Crippen LogP contribution in [0.1, 0.15) is 31.2 Å². The quantitative estimate of drug-likeness (QED) is 0.840. The van der Waals surface area contributed by atoms with Gasteiger partial charge in [0.05, 0.1) is 7.11 Å². The highest BCUT2D eigenvalue weighted by Gasteiger charge is 2.38. The van der Waals surface area contributed by atoms with Crippen LogP contribution in [-0.4, -0.2) is 29.6 Å². The van der Waals surface area contributed by atoms with Crippen molar-refractivity contribution in [2.75, 3.05) is 7.11 Å². The van der Waals surface area contributed by atoms with Crippen LogP contribution in [0.25, 0.3) is 0 Å². The van der Waals surface area contributed by atoms with Crippen molar-refractivity contribution in [3.05, 3.63) is 29.6 Å². The highest BCUT2D eigenvalue weighted by Crippen LogP contribution is 2.31. The highest BCUT2D eigenvalue weighted by molar-refractivity contribution is 5.79. The Morgan fingerprint density at radius 1 is 1.52 bits per heavy atom. The number of carboxylic acids is 1. The number of aliphatic carboxylic acids is 1. The van der Waals surface area contributed by atoms with Crippen molar-refractivity contribution < 1.29 is 23.8 Å². The zero-order valence-corrected chi connectivity index (χ0v) is 11.8. The lowest BCUT2D eigenvalue weighted by Crippen LogP contribution is -2.44. The van der Waals surface area contributed by atoms with E-state index in [1.54, 1.807) is 6.07 Å². The van der Waals surface area contributed by atoms with Crippen LogP contribution in [0.5, 0.6) is 5.75 Å². The number of carboxylic acid groups (broad SMARTS) is 1. The second kappa shape index (κ2) is 6.11. The summed E-state index contributed by atoms with van der Waals surface area (Å²) in [5, 5.41) is 11.7. The van der Waals surface area contributed by atoms with Crippen LogP contribution in [0.2, 0.25) is 0 Å². The zero-order valence-electron chi connectivity index (χ0n) is 11.8. The van der Waals surface area contributed by atoms with Crippen LogP contribution in [-0.2, 0) is 16.0 Å². The van der Waals surface area contributed by atoms with Gasteiger partial charge in [0.1, 0.15) is 11.6 Å². The summed E-state index contributed by atoms with van der Waals surface area (Å²) in [5.41, 5.74) is -0.273. The normalized spacial score (nSPS) is 21.1. The Labute approximate surface area is 122 Å². The second-order valence-corrected chi connectivity index (χ2v) is 5.36. The molecule has 1 aromatic carbocycles. The van der Waals surface area contributed by atoms with Crippen LogP contribution >= 0.6 is 0 Å². The molecule has 2 rings (SSSR count). The summed E-state index contributed by atoms with van der Waals surface area (Å²) in [7, 11) is 1.49. The number of hydrogen-bond donors (Lipinski definition) is 2. The third-order valence-electron chi connectivity index (χ3n) is 3.83. The van der Waals surface area contributed by atoms with Gasteiger partial charge >= 0.3 is 5.97 Å². The van der Waals surface area contributed by atoms with Crippen LogP contribution in [0.4, 0.5) is 4.39 Å². The average molecular weight is 295 g/mol. The first-order chi connectivity index (χ1) is 9.94. The standard InChI is InChI=1S/C15H18FNO4/c1-21-11-2-3-12(16)10(8-11)9-15(7-5-14(19)20)6-4-13(18)17-15/h2-3,8H,4-7,9H2,1H3,(H,17,18)(H,19,20)/t15-/m1/s1. The molecule has 21 heavy (non-hydrogen) atoms. The Bertz CT molecular complexity index is 561. The van der Waals surface area contributed by atoms with Gasteiger partial charge in [-0.1, -0.05) is 0 Å². The lowest BCUT2D eigenvalue weighted by atomic mass is 9.85. The summed E-state index contributed by atoms with van der Waals surface area (Å²) < 4.78 is 19.0. The molecule has 0 radical (unpaired) electrons. The number of amides is 1. The van der Waals surface area contributed by atoms with Crippen molar-refractivity contribution in [1.82, 2.24) is 5.32 Å². The van der Waals surface area contributed by atoms with Gasteiger partial charge in [0.2, 0.25) is 5.91 Å². The van der Waals surface area contributed by atoms with E-state index >= 15 is 0 Å². The highest BCUT2D eigenvalue weighted by atomic mass is 19.1. The van der Waals surface area contributed by atoms with Crippen LogP contribution in [0.3, 0.4) is 0 Å². The van der Waals surface area contributed by atoms with E-state index in [1.807, 2.05) is 0 Å². The maximum Gasteiger partial charge on any atom is 0.303 e. The Morgan fingerprint density at radius 2 is 2.29 bits per heavy atom. The van der Waals surface area contributed by atoms with Crippen LogP contribution < -0.4 is 10.1 Å². The summed E-state index contributed by atoms with van der Waals surface area (Å²) in [5.74, 6) is -0.902. The van der Waals surface area contributed by atoms with E-state index in [9.17, 15) is 14.0 Å². The molecule has 2 N–H and O–H groups in total. The van der Waals surface area contributed by atoms with Crippen LogP contribution in [0, 0.1) is 5.82 Å². The van der Waals surface area contributed by atoms with E-state index in [4.69, 9.17) is 9.84 Å². The first-order valence-corrected chi connectivity index (χ1v) is 6.79. The minimum absolute atomic E-state index is 0.0636.